The van der Waals surface area contributed by atoms with Crippen molar-refractivity contribution in [2.24, 2.45) is 5.73 Å². The number of amides is 4. The molecule has 0 fully saturated rings. The second-order valence-corrected chi connectivity index (χ2v) is 8.32. The van der Waals surface area contributed by atoms with Crippen molar-refractivity contribution in [3.63, 3.8) is 0 Å². The maximum absolute atomic E-state index is 13.3. The van der Waals surface area contributed by atoms with Gasteiger partial charge in [-0.25, -0.2) is 4.79 Å². The third kappa shape index (κ3) is 8.82. The topological polar surface area (TPSA) is 157 Å². The van der Waals surface area contributed by atoms with Gasteiger partial charge in [0.05, 0.1) is 13.5 Å². The number of hydrogen-bond donors (Lipinski definition) is 3. The molecule has 34 heavy (non-hydrogen) atoms. The molecule has 1 aromatic rings. The number of rotatable bonds is 9. The molecule has 0 aliphatic carbocycles. The number of nitrogens with two attached hydrogens (primary N) is 1. The molecule has 4 N–H and O–H groups in total. The van der Waals surface area contributed by atoms with Crippen molar-refractivity contribution in [2.75, 3.05) is 13.7 Å². The van der Waals surface area contributed by atoms with Gasteiger partial charge in [0.25, 0.3) is 5.91 Å². The van der Waals surface area contributed by atoms with Crippen molar-refractivity contribution in [1.82, 2.24) is 15.5 Å². The quantitative estimate of drug-likeness (QED) is 0.267. The van der Waals surface area contributed by atoms with Gasteiger partial charge in [0.2, 0.25) is 11.8 Å². The van der Waals surface area contributed by atoms with Crippen LogP contribution >= 0.6 is 0 Å². The van der Waals surface area contributed by atoms with Gasteiger partial charge in [0.15, 0.2) is 0 Å². The van der Waals surface area contributed by atoms with Crippen molar-refractivity contribution in [1.29, 1.82) is 0 Å². The van der Waals surface area contributed by atoms with Crippen LogP contribution in [0.2, 0.25) is 0 Å². The Hall–Kier alpha value is -4.07. The average Bonchev–Trinajstić information content (AvgIpc) is 2.72. The molecule has 0 radical (unpaired) electrons. The standard InChI is InChI=1S/C23H30N4O7/c1-7-27(21(31)16(12-17(24)28)26-22(32)34-23(3,4)5)19(15-10-8-9-14(2)11-15)20(30)25-13-18(29)33-6/h1,8-11,16,19H,12-13H2,2-6H3,(H2,24,28)(H,25,30)(H,26,32). The second kappa shape index (κ2) is 12.2. The van der Waals surface area contributed by atoms with Crippen LogP contribution < -0.4 is 16.4 Å². The van der Waals surface area contributed by atoms with E-state index in [0.29, 0.717) is 5.56 Å². The van der Waals surface area contributed by atoms with Crippen LogP contribution in [0.3, 0.4) is 0 Å². The van der Waals surface area contributed by atoms with E-state index in [0.717, 1.165) is 17.6 Å². The molecule has 2 unspecified atom stereocenters. The van der Waals surface area contributed by atoms with Crippen LogP contribution in [-0.4, -0.2) is 60.0 Å². The summed E-state index contributed by atoms with van der Waals surface area (Å²) in [5, 5.41) is 4.65. The van der Waals surface area contributed by atoms with E-state index in [1.807, 2.05) is 0 Å². The minimum absolute atomic E-state index is 0.337. The second-order valence-electron chi connectivity index (χ2n) is 8.32. The van der Waals surface area contributed by atoms with Gasteiger partial charge >= 0.3 is 12.1 Å². The number of nitrogens with one attached hydrogen (secondary N) is 2. The van der Waals surface area contributed by atoms with E-state index in [2.05, 4.69) is 21.4 Å². The van der Waals surface area contributed by atoms with Crippen LogP contribution in [0.1, 0.15) is 44.4 Å². The Bertz CT molecular complexity index is 978. The Balaban J connectivity index is 3.36. The zero-order chi connectivity index (χ0) is 26.1. The molecule has 0 aromatic heterocycles. The fourth-order valence-corrected chi connectivity index (χ4v) is 2.87. The lowest BCUT2D eigenvalue weighted by atomic mass is 10.0. The summed E-state index contributed by atoms with van der Waals surface area (Å²) in [5.74, 6) is -3.34. The highest BCUT2D eigenvalue weighted by Gasteiger charge is 2.36. The maximum Gasteiger partial charge on any atom is 0.408 e. The summed E-state index contributed by atoms with van der Waals surface area (Å²) in [6.45, 7) is 6.15. The van der Waals surface area contributed by atoms with Crippen LogP contribution in [0.5, 0.6) is 0 Å². The summed E-state index contributed by atoms with van der Waals surface area (Å²) in [7, 11) is 1.15. The van der Waals surface area contributed by atoms with Gasteiger partial charge < -0.3 is 25.8 Å². The Morgan fingerprint density at radius 3 is 2.35 bits per heavy atom. The van der Waals surface area contributed by atoms with Crippen molar-refractivity contribution in [3.05, 3.63) is 35.4 Å². The van der Waals surface area contributed by atoms with Gasteiger partial charge in [-0.2, -0.15) is 0 Å². The first kappa shape index (κ1) is 28.0. The molecule has 0 aliphatic rings. The molecule has 1 aromatic carbocycles. The molecule has 0 aliphatic heterocycles. The number of ether oxygens (including phenoxy) is 2. The third-order valence-electron chi connectivity index (χ3n) is 4.27. The van der Waals surface area contributed by atoms with Gasteiger partial charge in [-0.3, -0.25) is 24.1 Å². The molecule has 1 rings (SSSR count). The van der Waals surface area contributed by atoms with E-state index in [4.69, 9.17) is 16.9 Å². The predicted molar refractivity (Wildman–Crippen MR) is 122 cm³/mol. The van der Waals surface area contributed by atoms with E-state index < -0.39 is 60.4 Å². The summed E-state index contributed by atoms with van der Waals surface area (Å²) >= 11 is 0. The summed E-state index contributed by atoms with van der Waals surface area (Å²) in [6, 6.07) is 5.87. The number of primary amides is 1. The van der Waals surface area contributed by atoms with Crippen molar-refractivity contribution in [2.45, 2.75) is 51.8 Å². The number of carbonyl (C=O) groups excluding carboxylic acids is 5. The third-order valence-corrected chi connectivity index (χ3v) is 4.27. The zero-order valence-electron chi connectivity index (χ0n) is 19.8. The van der Waals surface area contributed by atoms with Gasteiger partial charge in [0.1, 0.15) is 24.2 Å². The number of terminal acetylenes is 1. The van der Waals surface area contributed by atoms with E-state index in [1.54, 1.807) is 52.0 Å². The fraction of sp³-hybridized carbons (Fsp3) is 0.435. The molecule has 2 atom stereocenters. The summed E-state index contributed by atoms with van der Waals surface area (Å²) in [6.07, 6.45) is 4.02. The molecule has 0 saturated carbocycles. The van der Waals surface area contributed by atoms with Crippen LogP contribution in [0.25, 0.3) is 0 Å². The molecular formula is C23H30N4O7. The van der Waals surface area contributed by atoms with Crippen molar-refractivity contribution in [3.8, 4) is 12.5 Å². The summed E-state index contributed by atoms with van der Waals surface area (Å²) in [5.41, 5.74) is 5.48. The first-order valence-corrected chi connectivity index (χ1v) is 10.3. The van der Waals surface area contributed by atoms with E-state index >= 15 is 0 Å². The Kier molecular flexibility index (Phi) is 10.1. The lowest BCUT2D eigenvalue weighted by Gasteiger charge is -2.30. The first-order valence-electron chi connectivity index (χ1n) is 10.3. The highest BCUT2D eigenvalue weighted by atomic mass is 16.6. The van der Waals surface area contributed by atoms with Crippen molar-refractivity contribution < 1.29 is 33.4 Å². The van der Waals surface area contributed by atoms with E-state index in [1.165, 1.54) is 0 Å². The molecule has 184 valence electrons. The largest absolute Gasteiger partial charge is 0.468 e. The monoisotopic (exact) mass is 474 g/mol. The summed E-state index contributed by atoms with van der Waals surface area (Å²) in [4.78, 5) is 62.4. The Labute approximate surface area is 198 Å². The summed E-state index contributed by atoms with van der Waals surface area (Å²) < 4.78 is 9.66. The molecule has 0 spiro atoms. The number of esters is 1. The molecule has 0 heterocycles. The number of carbonyl (C=O) groups is 5. The molecule has 0 bridgehead atoms. The highest BCUT2D eigenvalue weighted by Crippen LogP contribution is 2.23. The number of methoxy groups -OCH3 is 1. The van der Waals surface area contributed by atoms with Crippen LogP contribution in [0, 0.1) is 19.4 Å². The number of nitrogens with zero attached hydrogens (tertiary/aromatic N) is 1. The molecule has 11 heteroatoms. The smallest absolute Gasteiger partial charge is 0.408 e. The number of aryl methyl sites for hydroxylation is 1. The first-order chi connectivity index (χ1) is 15.8. The van der Waals surface area contributed by atoms with E-state index in [9.17, 15) is 24.0 Å². The molecule has 4 amide bonds. The number of hydrogen-bond acceptors (Lipinski definition) is 7. The minimum Gasteiger partial charge on any atom is -0.468 e. The number of benzene rings is 1. The molecule has 0 saturated heterocycles. The van der Waals surface area contributed by atoms with Gasteiger partial charge in [-0.15, -0.1) is 0 Å². The maximum atomic E-state index is 13.3. The number of alkyl carbamates (subject to hydrolysis) is 1. The SMILES string of the molecule is C#CN(C(=O)C(CC(N)=O)NC(=O)OC(C)(C)C)C(C(=O)NCC(=O)OC)c1cccc(C)c1. The zero-order valence-corrected chi connectivity index (χ0v) is 19.8. The van der Waals surface area contributed by atoms with Gasteiger partial charge in [-0.05, 0) is 33.3 Å². The van der Waals surface area contributed by atoms with Crippen LogP contribution in [0.4, 0.5) is 4.79 Å². The Morgan fingerprint density at radius 2 is 1.85 bits per heavy atom. The van der Waals surface area contributed by atoms with Crippen LogP contribution in [-0.2, 0) is 28.7 Å². The lowest BCUT2D eigenvalue weighted by molar-refractivity contribution is -0.143. The predicted octanol–water partition coefficient (Wildman–Crippen LogP) is 0.513. The minimum atomic E-state index is -1.51. The lowest BCUT2D eigenvalue weighted by Crippen LogP contribution is -2.52. The van der Waals surface area contributed by atoms with Crippen molar-refractivity contribution >= 4 is 29.8 Å². The van der Waals surface area contributed by atoms with Gasteiger partial charge in [-0.1, -0.05) is 36.3 Å². The molecule has 11 nitrogen and oxygen atoms in total. The Morgan fingerprint density at radius 1 is 1.21 bits per heavy atom. The van der Waals surface area contributed by atoms with E-state index in [-0.39, 0.29) is 0 Å². The molecular weight excluding hydrogens is 444 g/mol. The average molecular weight is 475 g/mol. The van der Waals surface area contributed by atoms with Crippen LogP contribution in [0.15, 0.2) is 24.3 Å². The fourth-order valence-electron chi connectivity index (χ4n) is 2.87. The highest BCUT2D eigenvalue weighted by molar-refractivity contribution is 5.96. The normalized spacial score (nSPS) is 12.4. The van der Waals surface area contributed by atoms with Gasteiger partial charge in [0, 0.05) is 6.04 Å².